The summed E-state index contributed by atoms with van der Waals surface area (Å²) in [6, 6.07) is 8.48. The Labute approximate surface area is 178 Å². The van der Waals surface area contributed by atoms with E-state index in [9.17, 15) is 0 Å². The summed E-state index contributed by atoms with van der Waals surface area (Å²) < 4.78 is 5.47. The van der Waals surface area contributed by atoms with Crippen LogP contribution in [0.3, 0.4) is 0 Å². The van der Waals surface area contributed by atoms with Crippen molar-refractivity contribution in [2.75, 3.05) is 63.9 Å². The number of nitrogens with zero attached hydrogens (tertiary/aromatic N) is 4. The average Bonchev–Trinajstić information content (AvgIpc) is 2.64. The highest BCUT2D eigenvalue weighted by atomic mass is 127. The second kappa shape index (κ2) is 10.5. The van der Waals surface area contributed by atoms with Gasteiger partial charge >= 0.3 is 0 Å². The van der Waals surface area contributed by atoms with Crippen LogP contribution in [0, 0.1) is 0 Å². The van der Waals surface area contributed by atoms with Crippen LogP contribution >= 0.6 is 35.6 Å². The number of hydrogen-bond acceptors (Lipinski definition) is 4. The van der Waals surface area contributed by atoms with Crippen molar-refractivity contribution >= 4 is 47.2 Å². The predicted octanol–water partition coefficient (Wildman–Crippen LogP) is 2.12. The van der Waals surface area contributed by atoms with E-state index in [4.69, 9.17) is 22.1 Å². The normalized spacial score (nSPS) is 22.2. The van der Waals surface area contributed by atoms with Gasteiger partial charge in [-0.1, -0.05) is 11.6 Å². The number of halogens is 2. The van der Waals surface area contributed by atoms with Crippen molar-refractivity contribution in [1.29, 1.82) is 0 Å². The summed E-state index contributed by atoms with van der Waals surface area (Å²) in [7, 11) is 0. The molecular weight excluding hydrogens is 465 g/mol. The number of benzene rings is 1. The average molecular weight is 494 g/mol. The van der Waals surface area contributed by atoms with E-state index in [-0.39, 0.29) is 24.0 Å². The molecule has 1 aromatic rings. The molecule has 1 aromatic carbocycles. The van der Waals surface area contributed by atoms with E-state index in [2.05, 4.69) is 38.7 Å². The van der Waals surface area contributed by atoms with Crippen LogP contribution in [0.2, 0.25) is 5.02 Å². The first-order chi connectivity index (χ1) is 12.1. The molecule has 1 atom stereocenters. The summed E-state index contributed by atoms with van der Waals surface area (Å²) in [5.74, 6) is 0.664. The summed E-state index contributed by atoms with van der Waals surface area (Å²) in [6.45, 7) is 10.2. The van der Waals surface area contributed by atoms with Gasteiger partial charge in [0, 0.05) is 56.0 Å². The molecule has 2 aliphatic rings. The molecule has 146 valence electrons. The molecule has 1 unspecified atom stereocenters. The van der Waals surface area contributed by atoms with Gasteiger partial charge in [0.15, 0.2) is 5.96 Å². The minimum atomic E-state index is 0. The van der Waals surface area contributed by atoms with Gasteiger partial charge in [-0.2, -0.15) is 0 Å². The van der Waals surface area contributed by atoms with Crippen LogP contribution in [-0.2, 0) is 4.74 Å². The Morgan fingerprint density at radius 1 is 1.19 bits per heavy atom. The molecule has 0 saturated carbocycles. The zero-order chi connectivity index (χ0) is 17.6. The minimum absolute atomic E-state index is 0. The van der Waals surface area contributed by atoms with Crippen molar-refractivity contribution in [2.45, 2.75) is 13.0 Å². The van der Waals surface area contributed by atoms with Crippen LogP contribution in [0.4, 0.5) is 5.69 Å². The predicted molar refractivity (Wildman–Crippen MR) is 119 cm³/mol. The van der Waals surface area contributed by atoms with Gasteiger partial charge < -0.3 is 20.3 Å². The molecule has 2 heterocycles. The third-order valence-corrected chi connectivity index (χ3v) is 5.21. The summed E-state index contributed by atoms with van der Waals surface area (Å²) in [6.07, 6.45) is 0. The molecule has 8 heteroatoms. The third kappa shape index (κ3) is 5.87. The Morgan fingerprint density at radius 2 is 1.88 bits per heavy atom. The van der Waals surface area contributed by atoms with E-state index in [1.54, 1.807) is 0 Å². The maximum Gasteiger partial charge on any atom is 0.191 e. The number of morpholine rings is 1. The molecule has 26 heavy (non-hydrogen) atoms. The lowest BCUT2D eigenvalue weighted by atomic mass is 10.2. The summed E-state index contributed by atoms with van der Waals surface area (Å²) in [4.78, 5) is 11.5. The van der Waals surface area contributed by atoms with E-state index in [1.807, 2.05) is 12.1 Å². The van der Waals surface area contributed by atoms with E-state index in [0.29, 0.717) is 12.0 Å². The van der Waals surface area contributed by atoms with Crippen LogP contribution < -0.4 is 10.6 Å². The topological polar surface area (TPSA) is 57.3 Å². The van der Waals surface area contributed by atoms with Crippen molar-refractivity contribution in [1.82, 2.24) is 9.80 Å². The summed E-state index contributed by atoms with van der Waals surface area (Å²) in [5, 5.41) is 0.772. The number of anilines is 1. The maximum atomic E-state index is 6.20. The molecule has 2 N–H and O–H groups in total. The van der Waals surface area contributed by atoms with Crippen LogP contribution in [0.5, 0.6) is 0 Å². The van der Waals surface area contributed by atoms with Gasteiger partial charge in [0.25, 0.3) is 0 Å². The first-order valence-corrected chi connectivity index (χ1v) is 9.38. The number of guanidine groups is 1. The molecule has 0 bridgehead atoms. The lowest BCUT2D eigenvalue weighted by Crippen LogP contribution is -2.51. The zero-order valence-corrected chi connectivity index (χ0v) is 18.4. The lowest BCUT2D eigenvalue weighted by molar-refractivity contribution is 0.00139. The van der Waals surface area contributed by atoms with E-state index >= 15 is 0 Å². The fourth-order valence-electron chi connectivity index (χ4n) is 3.33. The Bertz CT molecular complexity index is 577. The van der Waals surface area contributed by atoms with Gasteiger partial charge in [0.2, 0.25) is 0 Å². The molecule has 0 aliphatic carbocycles. The molecule has 2 fully saturated rings. The second-order valence-corrected chi connectivity index (χ2v) is 7.09. The maximum absolute atomic E-state index is 6.20. The highest BCUT2D eigenvalue weighted by molar-refractivity contribution is 14.0. The molecule has 0 spiro atoms. The molecule has 6 nitrogen and oxygen atoms in total. The van der Waals surface area contributed by atoms with Gasteiger partial charge in [-0.15, -0.1) is 24.0 Å². The minimum Gasteiger partial charge on any atom is -0.379 e. The van der Waals surface area contributed by atoms with Crippen molar-refractivity contribution < 1.29 is 4.74 Å². The largest absolute Gasteiger partial charge is 0.379 e. The molecular formula is C18H29ClIN5O. The third-order valence-electron chi connectivity index (χ3n) is 4.96. The van der Waals surface area contributed by atoms with Crippen LogP contribution in [0.25, 0.3) is 0 Å². The molecule has 3 rings (SSSR count). The monoisotopic (exact) mass is 493 g/mol. The fourth-order valence-corrected chi connectivity index (χ4v) is 3.46. The smallest absolute Gasteiger partial charge is 0.191 e. The van der Waals surface area contributed by atoms with E-state index in [1.165, 1.54) is 5.69 Å². The molecule has 2 saturated heterocycles. The number of aliphatic imine (C=N–C) groups is 1. The quantitative estimate of drug-likeness (QED) is 0.396. The lowest BCUT2D eigenvalue weighted by Gasteiger charge is -2.37. The Kier molecular flexibility index (Phi) is 8.72. The van der Waals surface area contributed by atoms with Crippen LogP contribution in [0.15, 0.2) is 29.3 Å². The SMILES string of the molecule is CC1COCCN1CCN=C(N)N1CCN(c2ccc(Cl)cc2)CC1.I. The van der Waals surface area contributed by atoms with Gasteiger partial charge in [0.05, 0.1) is 19.8 Å². The van der Waals surface area contributed by atoms with Crippen LogP contribution in [0.1, 0.15) is 6.92 Å². The van der Waals surface area contributed by atoms with Gasteiger partial charge in [0.1, 0.15) is 0 Å². The highest BCUT2D eigenvalue weighted by Gasteiger charge is 2.20. The van der Waals surface area contributed by atoms with Crippen molar-refractivity contribution in [3.63, 3.8) is 0 Å². The standard InChI is InChI=1S/C18H28ClN5O.HI/c1-15-14-25-13-12-22(15)7-6-21-18(20)24-10-8-23(9-11-24)17-4-2-16(19)3-5-17;/h2-5,15H,6-14H2,1H3,(H2,20,21);1H. The Balaban J connectivity index is 0.00000243. The number of ether oxygens (including phenoxy) is 1. The fraction of sp³-hybridized carbons (Fsp3) is 0.611. The van der Waals surface area contributed by atoms with Crippen molar-refractivity contribution in [2.24, 2.45) is 10.7 Å². The van der Waals surface area contributed by atoms with Crippen LogP contribution in [-0.4, -0.2) is 80.8 Å². The zero-order valence-electron chi connectivity index (χ0n) is 15.3. The molecule has 0 amide bonds. The van der Waals surface area contributed by atoms with E-state index in [0.717, 1.165) is 64.0 Å². The number of hydrogen-bond donors (Lipinski definition) is 1. The highest BCUT2D eigenvalue weighted by Crippen LogP contribution is 2.19. The number of piperazine rings is 1. The summed E-state index contributed by atoms with van der Waals surface area (Å²) >= 11 is 5.96. The number of nitrogens with two attached hydrogens (primary N) is 1. The van der Waals surface area contributed by atoms with Gasteiger partial charge in [-0.05, 0) is 31.2 Å². The van der Waals surface area contributed by atoms with Crippen molar-refractivity contribution in [3.8, 4) is 0 Å². The van der Waals surface area contributed by atoms with E-state index < -0.39 is 0 Å². The molecule has 2 aliphatic heterocycles. The Morgan fingerprint density at radius 3 is 2.54 bits per heavy atom. The van der Waals surface area contributed by atoms with Crippen molar-refractivity contribution in [3.05, 3.63) is 29.3 Å². The Hall–Kier alpha value is -0.770. The summed E-state index contributed by atoms with van der Waals surface area (Å²) in [5.41, 5.74) is 7.41. The molecule has 0 aromatic heterocycles. The molecule has 0 radical (unpaired) electrons. The number of rotatable bonds is 4. The van der Waals surface area contributed by atoms with Gasteiger partial charge in [-0.3, -0.25) is 9.89 Å². The first-order valence-electron chi connectivity index (χ1n) is 9.00. The second-order valence-electron chi connectivity index (χ2n) is 6.65. The van der Waals surface area contributed by atoms with Gasteiger partial charge in [-0.25, -0.2) is 0 Å². The first kappa shape index (κ1) is 21.5.